The highest BCUT2D eigenvalue weighted by Gasteiger charge is 2.36. The zero-order chi connectivity index (χ0) is 10.9. The first-order valence-electron chi connectivity index (χ1n) is 5.48. The first-order valence-corrected chi connectivity index (χ1v) is 5.48. The van der Waals surface area contributed by atoms with Crippen LogP contribution in [0.25, 0.3) is 0 Å². The van der Waals surface area contributed by atoms with Crippen molar-refractivity contribution < 1.29 is 9.50 Å². The summed E-state index contributed by atoms with van der Waals surface area (Å²) in [5, 5.41) is 10.4. The fraction of sp³-hybridized carbons (Fsp3) is 0.583. The number of halogens is 1. The molecule has 0 aromatic carbocycles. The Morgan fingerprint density at radius 3 is 2.73 bits per heavy atom. The highest BCUT2D eigenvalue weighted by Crippen LogP contribution is 2.41. The molecule has 1 heterocycles. The smallest absolute Gasteiger partial charge is 0.141 e. The van der Waals surface area contributed by atoms with Crippen molar-refractivity contribution >= 4 is 0 Å². The third-order valence-electron chi connectivity index (χ3n) is 3.11. The van der Waals surface area contributed by atoms with Crippen molar-refractivity contribution in [1.29, 1.82) is 0 Å². The molecule has 1 unspecified atom stereocenters. The maximum Gasteiger partial charge on any atom is 0.141 e. The molecule has 82 valence electrons. The van der Waals surface area contributed by atoms with Gasteiger partial charge in [-0.3, -0.25) is 4.98 Å². The van der Waals surface area contributed by atoms with E-state index in [1.165, 1.54) is 25.1 Å². The number of nitrogens with zero attached hydrogens (tertiary/aromatic N) is 1. The van der Waals surface area contributed by atoms with E-state index in [4.69, 9.17) is 0 Å². The van der Waals surface area contributed by atoms with E-state index in [0.29, 0.717) is 18.0 Å². The molecule has 1 N–H and O–H groups in total. The van der Waals surface area contributed by atoms with Crippen LogP contribution in [0.2, 0.25) is 0 Å². The number of pyridine rings is 1. The van der Waals surface area contributed by atoms with Crippen molar-refractivity contribution in [3.05, 3.63) is 29.8 Å². The fourth-order valence-electron chi connectivity index (χ4n) is 1.88. The van der Waals surface area contributed by atoms with Gasteiger partial charge in [-0.05, 0) is 30.9 Å². The molecule has 2 rings (SSSR count). The Labute approximate surface area is 89.2 Å². The van der Waals surface area contributed by atoms with Crippen LogP contribution in [-0.4, -0.2) is 10.1 Å². The Balaban J connectivity index is 2.19. The van der Waals surface area contributed by atoms with Crippen LogP contribution in [0.15, 0.2) is 18.3 Å². The summed E-state index contributed by atoms with van der Waals surface area (Å²) < 4.78 is 12.7. The molecule has 1 aromatic rings. The van der Waals surface area contributed by atoms with Crippen LogP contribution in [0.3, 0.4) is 0 Å². The normalized spacial score (nSPS) is 19.9. The van der Waals surface area contributed by atoms with E-state index in [0.717, 1.165) is 6.42 Å². The van der Waals surface area contributed by atoms with Crippen molar-refractivity contribution in [3.63, 3.8) is 0 Å². The topological polar surface area (TPSA) is 33.1 Å². The van der Waals surface area contributed by atoms with Crippen molar-refractivity contribution in [2.45, 2.75) is 38.2 Å². The van der Waals surface area contributed by atoms with Gasteiger partial charge in [0, 0.05) is 0 Å². The van der Waals surface area contributed by atoms with Crippen LogP contribution < -0.4 is 0 Å². The van der Waals surface area contributed by atoms with Gasteiger partial charge in [-0.25, -0.2) is 4.39 Å². The van der Waals surface area contributed by atoms with E-state index in [2.05, 4.69) is 4.98 Å². The second-order valence-corrected chi connectivity index (χ2v) is 4.39. The zero-order valence-corrected chi connectivity index (χ0v) is 8.91. The highest BCUT2D eigenvalue weighted by molar-refractivity contribution is 5.14. The monoisotopic (exact) mass is 209 g/mol. The number of aromatic nitrogens is 1. The van der Waals surface area contributed by atoms with Gasteiger partial charge in [0.15, 0.2) is 0 Å². The molecule has 0 radical (unpaired) electrons. The summed E-state index contributed by atoms with van der Waals surface area (Å²) in [6.45, 7) is 1.94. The Morgan fingerprint density at radius 1 is 1.53 bits per heavy atom. The molecular formula is C12H16FNO. The van der Waals surface area contributed by atoms with Crippen LogP contribution in [0.4, 0.5) is 4.39 Å². The summed E-state index contributed by atoms with van der Waals surface area (Å²) in [5.41, 5.74) is -0.271. The van der Waals surface area contributed by atoms with Gasteiger partial charge in [-0.15, -0.1) is 0 Å². The SMILES string of the molecule is CCC(O)(CC1CC1)c1ccc(F)cn1. The molecule has 0 saturated heterocycles. The third kappa shape index (κ3) is 2.34. The van der Waals surface area contributed by atoms with Gasteiger partial charge in [-0.1, -0.05) is 19.8 Å². The number of hydrogen-bond acceptors (Lipinski definition) is 2. The van der Waals surface area contributed by atoms with E-state index in [9.17, 15) is 9.50 Å². The van der Waals surface area contributed by atoms with Gasteiger partial charge in [0.05, 0.1) is 11.9 Å². The van der Waals surface area contributed by atoms with Gasteiger partial charge < -0.3 is 5.11 Å². The Hall–Kier alpha value is -0.960. The maximum absolute atomic E-state index is 12.7. The largest absolute Gasteiger partial charge is 0.384 e. The second kappa shape index (κ2) is 3.89. The Morgan fingerprint density at radius 2 is 2.27 bits per heavy atom. The second-order valence-electron chi connectivity index (χ2n) is 4.39. The summed E-state index contributed by atoms with van der Waals surface area (Å²) in [7, 11) is 0. The molecule has 0 amide bonds. The molecule has 3 heteroatoms. The molecule has 1 aromatic heterocycles. The lowest BCUT2D eigenvalue weighted by atomic mass is 9.90. The summed E-state index contributed by atoms with van der Waals surface area (Å²) in [6, 6.07) is 2.94. The quantitative estimate of drug-likeness (QED) is 0.826. The maximum atomic E-state index is 12.7. The van der Waals surface area contributed by atoms with Crippen molar-refractivity contribution in [2.75, 3.05) is 0 Å². The van der Waals surface area contributed by atoms with Crippen LogP contribution in [-0.2, 0) is 5.60 Å². The summed E-state index contributed by atoms with van der Waals surface area (Å²) in [4.78, 5) is 3.98. The minimum atomic E-state index is -0.866. The fourth-order valence-corrected chi connectivity index (χ4v) is 1.88. The summed E-state index contributed by atoms with van der Waals surface area (Å²) in [6.07, 6.45) is 4.94. The lowest BCUT2D eigenvalue weighted by Gasteiger charge is -2.26. The Kier molecular flexibility index (Phi) is 2.74. The van der Waals surface area contributed by atoms with Crippen molar-refractivity contribution in [1.82, 2.24) is 4.98 Å². The van der Waals surface area contributed by atoms with E-state index in [1.807, 2.05) is 6.92 Å². The number of hydrogen-bond donors (Lipinski definition) is 1. The average Bonchev–Trinajstić information content (AvgIpc) is 3.02. The number of rotatable bonds is 4. The van der Waals surface area contributed by atoms with Gasteiger partial charge in [0.1, 0.15) is 11.4 Å². The van der Waals surface area contributed by atoms with Crippen LogP contribution in [0, 0.1) is 11.7 Å². The van der Waals surface area contributed by atoms with Gasteiger partial charge in [0.25, 0.3) is 0 Å². The lowest BCUT2D eigenvalue weighted by molar-refractivity contribution is 0.0133. The molecule has 1 atom stereocenters. The molecule has 0 spiro atoms. The van der Waals surface area contributed by atoms with E-state index in [-0.39, 0.29) is 5.82 Å². The molecular weight excluding hydrogens is 193 g/mol. The standard InChI is InChI=1S/C12H16FNO/c1-2-12(15,7-9-3-4-9)11-6-5-10(13)8-14-11/h5-6,8-9,15H,2-4,7H2,1H3. The predicted octanol–water partition coefficient (Wildman–Crippen LogP) is 2.62. The lowest BCUT2D eigenvalue weighted by Crippen LogP contribution is -2.26. The molecule has 2 nitrogen and oxygen atoms in total. The van der Waals surface area contributed by atoms with E-state index < -0.39 is 5.60 Å². The van der Waals surface area contributed by atoms with Crippen molar-refractivity contribution in [3.8, 4) is 0 Å². The molecule has 15 heavy (non-hydrogen) atoms. The molecule has 0 aliphatic heterocycles. The van der Waals surface area contributed by atoms with E-state index in [1.54, 1.807) is 6.07 Å². The summed E-state index contributed by atoms with van der Waals surface area (Å²) in [5.74, 6) is 0.269. The minimum Gasteiger partial charge on any atom is -0.384 e. The first-order chi connectivity index (χ1) is 7.14. The molecule has 1 fully saturated rings. The van der Waals surface area contributed by atoms with Crippen molar-refractivity contribution in [2.24, 2.45) is 5.92 Å². The highest BCUT2D eigenvalue weighted by atomic mass is 19.1. The minimum absolute atomic E-state index is 0.358. The molecule has 0 bridgehead atoms. The third-order valence-corrected chi connectivity index (χ3v) is 3.11. The Bertz CT molecular complexity index is 334. The average molecular weight is 209 g/mol. The zero-order valence-electron chi connectivity index (χ0n) is 8.91. The predicted molar refractivity (Wildman–Crippen MR) is 55.7 cm³/mol. The number of aliphatic hydroxyl groups is 1. The molecule has 1 aliphatic rings. The van der Waals surface area contributed by atoms with Gasteiger partial charge in [0.2, 0.25) is 0 Å². The first kappa shape index (κ1) is 10.6. The van der Waals surface area contributed by atoms with Crippen LogP contribution in [0.1, 0.15) is 38.3 Å². The van der Waals surface area contributed by atoms with Crippen LogP contribution >= 0.6 is 0 Å². The molecule has 1 saturated carbocycles. The van der Waals surface area contributed by atoms with Gasteiger partial charge >= 0.3 is 0 Å². The molecule has 1 aliphatic carbocycles. The van der Waals surface area contributed by atoms with E-state index >= 15 is 0 Å². The van der Waals surface area contributed by atoms with Gasteiger partial charge in [-0.2, -0.15) is 0 Å². The summed E-state index contributed by atoms with van der Waals surface area (Å²) >= 11 is 0. The van der Waals surface area contributed by atoms with Crippen LogP contribution in [0.5, 0.6) is 0 Å².